The summed E-state index contributed by atoms with van der Waals surface area (Å²) in [6.45, 7) is 5.64. The van der Waals surface area contributed by atoms with Crippen LogP contribution in [0.4, 0.5) is 0 Å². The minimum Gasteiger partial charge on any atom is -0.376 e. The van der Waals surface area contributed by atoms with Gasteiger partial charge in [-0.25, -0.2) is 9.38 Å². The van der Waals surface area contributed by atoms with Crippen molar-refractivity contribution in [3.63, 3.8) is 0 Å². The summed E-state index contributed by atoms with van der Waals surface area (Å²) in [4.78, 5) is 17.6. The lowest BCUT2D eigenvalue weighted by Crippen LogP contribution is -2.27. The zero-order valence-corrected chi connectivity index (χ0v) is 13.6. The molecule has 0 aliphatic carbocycles. The SMILES string of the molecule is CCc1c(C)n(CC2CCCO2)c2nc3ccccc3n2c1=O. The van der Waals surface area contributed by atoms with E-state index in [1.807, 2.05) is 38.1 Å². The van der Waals surface area contributed by atoms with Gasteiger partial charge in [0.2, 0.25) is 5.78 Å². The second-order valence-electron chi connectivity index (χ2n) is 6.20. The van der Waals surface area contributed by atoms with Crippen LogP contribution in [0.2, 0.25) is 0 Å². The molecule has 0 amide bonds. The first-order valence-corrected chi connectivity index (χ1v) is 8.31. The minimum absolute atomic E-state index is 0.0530. The molecule has 3 aromatic rings. The Labute approximate surface area is 134 Å². The molecule has 0 bridgehead atoms. The van der Waals surface area contributed by atoms with Crippen molar-refractivity contribution in [1.29, 1.82) is 0 Å². The summed E-state index contributed by atoms with van der Waals surface area (Å²) >= 11 is 0. The van der Waals surface area contributed by atoms with Crippen molar-refractivity contribution >= 4 is 16.8 Å². The van der Waals surface area contributed by atoms with Gasteiger partial charge in [-0.2, -0.15) is 0 Å². The normalized spacial score (nSPS) is 18.3. The predicted octanol–water partition coefficient (Wildman–Crippen LogP) is 2.70. The Balaban J connectivity index is 2.04. The molecular weight excluding hydrogens is 290 g/mol. The monoisotopic (exact) mass is 311 g/mol. The van der Waals surface area contributed by atoms with Crippen LogP contribution in [0.5, 0.6) is 0 Å². The molecule has 5 nitrogen and oxygen atoms in total. The topological polar surface area (TPSA) is 48.5 Å². The highest BCUT2D eigenvalue weighted by Crippen LogP contribution is 2.21. The number of fused-ring (bicyclic) bond motifs is 3. The van der Waals surface area contributed by atoms with Gasteiger partial charge in [-0.3, -0.25) is 4.79 Å². The van der Waals surface area contributed by atoms with Crippen LogP contribution in [-0.2, 0) is 17.7 Å². The van der Waals surface area contributed by atoms with E-state index >= 15 is 0 Å². The van der Waals surface area contributed by atoms with Gasteiger partial charge in [0.25, 0.3) is 5.56 Å². The van der Waals surface area contributed by atoms with Crippen molar-refractivity contribution in [1.82, 2.24) is 14.0 Å². The molecule has 1 aliphatic rings. The Kier molecular flexibility index (Phi) is 3.45. The summed E-state index contributed by atoms with van der Waals surface area (Å²) in [5, 5.41) is 0. The number of benzene rings is 1. The van der Waals surface area contributed by atoms with Crippen molar-refractivity contribution in [3.05, 3.63) is 45.9 Å². The van der Waals surface area contributed by atoms with Gasteiger partial charge in [0.15, 0.2) is 0 Å². The number of rotatable bonds is 3. The first-order chi connectivity index (χ1) is 11.2. The van der Waals surface area contributed by atoms with Crippen LogP contribution in [0, 0.1) is 6.92 Å². The molecule has 2 aromatic heterocycles. The van der Waals surface area contributed by atoms with Crippen LogP contribution >= 0.6 is 0 Å². The third-order valence-electron chi connectivity index (χ3n) is 4.85. The number of nitrogens with zero attached hydrogens (tertiary/aromatic N) is 3. The van der Waals surface area contributed by atoms with Crippen LogP contribution < -0.4 is 5.56 Å². The van der Waals surface area contributed by atoms with E-state index in [4.69, 9.17) is 9.72 Å². The summed E-state index contributed by atoms with van der Waals surface area (Å²) in [5.74, 6) is 0.724. The molecule has 23 heavy (non-hydrogen) atoms. The Bertz CT molecular complexity index is 933. The second-order valence-corrected chi connectivity index (χ2v) is 6.20. The molecule has 5 heteroatoms. The van der Waals surface area contributed by atoms with Gasteiger partial charge in [0.05, 0.1) is 23.7 Å². The van der Waals surface area contributed by atoms with Crippen molar-refractivity contribution in [2.24, 2.45) is 0 Å². The fraction of sp³-hybridized carbons (Fsp3) is 0.444. The van der Waals surface area contributed by atoms with E-state index in [1.54, 1.807) is 4.40 Å². The number of imidazole rings is 1. The van der Waals surface area contributed by atoms with E-state index in [0.29, 0.717) is 0 Å². The molecule has 0 N–H and O–H groups in total. The fourth-order valence-electron chi connectivity index (χ4n) is 3.61. The summed E-state index contributed by atoms with van der Waals surface area (Å²) in [6, 6.07) is 7.82. The fourth-order valence-corrected chi connectivity index (χ4v) is 3.61. The molecule has 3 heterocycles. The first kappa shape index (κ1) is 14.5. The lowest BCUT2D eigenvalue weighted by atomic mass is 10.1. The number of hydrogen-bond acceptors (Lipinski definition) is 3. The van der Waals surface area contributed by atoms with E-state index < -0.39 is 0 Å². The van der Waals surface area contributed by atoms with Gasteiger partial charge in [-0.15, -0.1) is 0 Å². The zero-order valence-electron chi connectivity index (χ0n) is 13.6. The lowest BCUT2D eigenvalue weighted by molar-refractivity contribution is 0.0969. The molecule has 0 spiro atoms. The maximum absolute atomic E-state index is 12.9. The quantitative estimate of drug-likeness (QED) is 0.747. The molecule has 1 saturated heterocycles. The smallest absolute Gasteiger partial charge is 0.262 e. The third kappa shape index (κ3) is 2.18. The number of ether oxygens (including phenoxy) is 1. The van der Waals surface area contributed by atoms with Gasteiger partial charge in [0.1, 0.15) is 0 Å². The average molecular weight is 311 g/mol. The highest BCUT2D eigenvalue weighted by molar-refractivity contribution is 5.79. The van der Waals surface area contributed by atoms with Crippen LogP contribution in [-0.4, -0.2) is 26.7 Å². The first-order valence-electron chi connectivity index (χ1n) is 8.31. The maximum atomic E-state index is 12.9. The largest absolute Gasteiger partial charge is 0.376 e. The number of hydrogen-bond donors (Lipinski definition) is 0. The number of para-hydroxylation sites is 2. The van der Waals surface area contributed by atoms with Crippen LogP contribution in [0.25, 0.3) is 16.8 Å². The van der Waals surface area contributed by atoms with E-state index in [1.165, 1.54) is 0 Å². The second kappa shape index (κ2) is 5.49. The molecular formula is C18H21N3O2. The molecule has 1 unspecified atom stereocenters. The number of aromatic nitrogens is 3. The summed E-state index contributed by atoms with van der Waals surface area (Å²) in [7, 11) is 0. The molecule has 1 aromatic carbocycles. The van der Waals surface area contributed by atoms with E-state index in [2.05, 4.69) is 4.57 Å². The van der Waals surface area contributed by atoms with E-state index in [0.717, 1.165) is 60.5 Å². The standard InChI is InChI=1S/C18H21N3O2/c1-3-14-12(2)20(11-13-7-6-10-23-13)18-19-15-8-4-5-9-16(15)21(18)17(14)22/h4-5,8-9,13H,3,6-7,10-11H2,1-2H3. The lowest BCUT2D eigenvalue weighted by Gasteiger charge is -2.18. The Morgan fingerprint density at radius 1 is 1.35 bits per heavy atom. The van der Waals surface area contributed by atoms with Crippen LogP contribution in [0.15, 0.2) is 29.1 Å². The average Bonchev–Trinajstić information content (AvgIpc) is 3.19. The Morgan fingerprint density at radius 3 is 2.91 bits per heavy atom. The van der Waals surface area contributed by atoms with Gasteiger partial charge < -0.3 is 9.30 Å². The highest BCUT2D eigenvalue weighted by Gasteiger charge is 2.21. The summed E-state index contributed by atoms with van der Waals surface area (Å²) in [6.07, 6.45) is 3.11. The Hall–Kier alpha value is -2.14. The van der Waals surface area contributed by atoms with Crippen LogP contribution in [0.1, 0.15) is 31.0 Å². The molecule has 1 atom stereocenters. The molecule has 120 valence electrons. The van der Waals surface area contributed by atoms with Gasteiger partial charge in [-0.1, -0.05) is 19.1 Å². The van der Waals surface area contributed by atoms with E-state index in [-0.39, 0.29) is 11.7 Å². The maximum Gasteiger partial charge on any atom is 0.262 e. The van der Waals surface area contributed by atoms with Crippen molar-refractivity contribution < 1.29 is 4.74 Å². The molecule has 0 radical (unpaired) electrons. The molecule has 0 saturated carbocycles. The van der Waals surface area contributed by atoms with Gasteiger partial charge in [-0.05, 0) is 38.3 Å². The zero-order chi connectivity index (χ0) is 16.0. The van der Waals surface area contributed by atoms with Gasteiger partial charge >= 0.3 is 0 Å². The van der Waals surface area contributed by atoms with Crippen molar-refractivity contribution in [2.75, 3.05) is 6.61 Å². The molecule has 1 aliphatic heterocycles. The predicted molar refractivity (Wildman–Crippen MR) is 90.0 cm³/mol. The molecule has 1 fully saturated rings. The highest BCUT2D eigenvalue weighted by atomic mass is 16.5. The van der Waals surface area contributed by atoms with Crippen molar-refractivity contribution in [2.45, 2.75) is 45.8 Å². The molecule has 4 rings (SSSR count). The third-order valence-corrected chi connectivity index (χ3v) is 4.85. The van der Waals surface area contributed by atoms with E-state index in [9.17, 15) is 4.79 Å². The summed E-state index contributed by atoms with van der Waals surface area (Å²) < 4.78 is 9.73. The van der Waals surface area contributed by atoms with Gasteiger partial charge in [0, 0.05) is 17.9 Å². The Morgan fingerprint density at radius 2 is 2.17 bits per heavy atom. The minimum atomic E-state index is 0.0530. The van der Waals surface area contributed by atoms with Crippen molar-refractivity contribution in [3.8, 4) is 0 Å². The summed E-state index contributed by atoms with van der Waals surface area (Å²) in [5.41, 5.74) is 3.66. The van der Waals surface area contributed by atoms with Crippen LogP contribution in [0.3, 0.4) is 0 Å².